The molecule has 1 aromatic carbocycles. The maximum absolute atomic E-state index is 13.1. The van der Waals surface area contributed by atoms with Crippen LogP contribution in [0.4, 0.5) is 10.1 Å². The lowest BCUT2D eigenvalue weighted by atomic mass is 10.2. The van der Waals surface area contributed by atoms with Crippen molar-refractivity contribution in [1.29, 1.82) is 0 Å². The van der Waals surface area contributed by atoms with Crippen molar-refractivity contribution in [2.75, 3.05) is 5.32 Å². The highest BCUT2D eigenvalue weighted by atomic mass is 35.5. The van der Waals surface area contributed by atoms with E-state index >= 15 is 0 Å². The van der Waals surface area contributed by atoms with Gasteiger partial charge in [-0.2, -0.15) is 0 Å². The number of anilines is 1. The minimum absolute atomic E-state index is 0.117. The molecule has 0 fully saturated rings. The molecule has 2 aromatic heterocycles. The fraction of sp³-hybridized carbons (Fsp3) is 0.111. The second-order valence-corrected chi connectivity index (χ2v) is 7.09. The molecule has 0 spiro atoms. The molecule has 0 aliphatic heterocycles. The van der Waals surface area contributed by atoms with Crippen molar-refractivity contribution < 1.29 is 23.5 Å². The first kappa shape index (κ1) is 19.1. The summed E-state index contributed by atoms with van der Waals surface area (Å²) in [5, 5.41) is 14.9. The average molecular weight is 409 g/mol. The third kappa shape index (κ3) is 4.73. The maximum Gasteiger partial charge on any atom is 0.313 e. The van der Waals surface area contributed by atoms with Crippen LogP contribution in [0.15, 0.2) is 53.1 Å². The van der Waals surface area contributed by atoms with Crippen LogP contribution in [0.1, 0.15) is 21.6 Å². The van der Waals surface area contributed by atoms with Gasteiger partial charge >= 0.3 is 11.8 Å². The van der Waals surface area contributed by atoms with Gasteiger partial charge in [0.2, 0.25) is 0 Å². The maximum atomic E-state index is 13.1. The van der Waals surface area contributed by atoms with E-state index < -0.39 is 23.7 Å². The summed E-state index contributed by atoms with van der Waals surface area (Å²) >= 11 is 6.92. The van der Waals surface area contributed by atoms with Gasteiger partial charge in [-0.05, 0) is 42.5 Å². The molecule has 0 aliphatic carbocycles. The fourth-order valence-corrected chi connectivity index (χ4v) is 3.36. The van der Waals surface area contributed by atoms with Crippen LogP contribution in [-0.2, 0) is 16.1 Å². The normalized spacial score (nSPS) is 11.8. The Hall–Kier alpha value is -2.68. The molecule has 0 saturated carbocycles. The second kappa shape index (κ2) is 8.34. The Morgan fingerprint density at radius 3 is 2.74 bits per heavy atom. The molecule has 3 rings (SSSR count). The third-order valence-electron chi connectivity index (χ3n) is 3.57. The topological polar surface area (TPSA) is 91.6 Å². The van der Waals surface area contributed by atoms with Crippen LogP contribution in [-0.4, -0.2) is 16.9 Å². The lowest BCUT2D eigenvalue weighted by Crippen LogP contribution is -2.34. The SMILES string of the molecule is O=C(NCc1ccc(C(O)c2ccco2)s1)C(=O)Nc1ccc(F)c(Cl)c1. The quantitative estimate of drug-likeness (QED) is 0.564. The zero-order valence-corrected chi connectivity index (χ0v) is 15.3. The number of aliphatic hydroxyl groups is 1. The molecule has 0 radical (unpaired) electrons. The molecule has 2 amide bonds. The number of hydrogen-bond acceptors (Lipinski definition) is 5. The van der Waals surface area contributed by atoms with E-state index in [9.17, 15) is 19.1 Å². The highest BCUT2D eigenvalue weighted by Gasteiger charge is 2.17. The van der Waals surface area contributed by atoms with Crippen molar-refractivity contribution in [2.24, 2.45) is 0 Å². The second-order valence-electron chi connectivity index (χ2n) is 5.49. The molecule has 9 heteroatoms. The summed E-state index contributed by atoms with van der Waals surface area (Å²) in [6.45, 7) is 0.117. The van der Waals surface area contributed by atoms with Gasteiger partial charge in [0.1, 0.15) is 17.7 Å². The molecule has 3 aromatic rings. The number of amides is 2. The number of thiophene rings is 1. The number of carbonyl (C=O) groups is 2. The zero-order valence-electron chi connectivity index (χ0n) is 13.7. The van der Waals surface area contributed by atoms with E-state index in [0.29, 0.717) is 10.6 Å². The molecule has 3 N–H and O–H groups in total. The third-order valence-corrected chi connectivity index (χ3v) is 5.00. The summed E-state index contributed by atoms with van der Waals surface area (Å²) in [6.07, 6.45) is 0.584. The van der Waals surface area contributed by atoms with E-state index in [1.165, 1.54) is 29.7 Å². The summed E-state index contributed by atoms with van der Waals surface area (Å²) < 4.78 is 18.3. The van der Waals surface area contributed by atoms with Crippen LogP contribution in [0.2, 0.25) is 5.02 Å². The van der Waals surface area contributed by atoms with Crippen molar-refractivity contribution in [3.05, 3.63) is 75.1 Å². The van der Waals surface area contributed by atoms with Gasteiger partial charge in [-0.1, -0.05) is 11.6 Å². The molecule has 0 saturated heterocycles. The van der Waals surface area contributed by atoms with E-state index in [0.717, 1.165) is 10.9 Å². The standard InChI is InChI=1S/C18H14ClFN2O4S/c19-12-8-10(3-5-13(12)20)22-18(25)17(24)21-9-11-4-6-15(27-11)16(23)14-2-1-7-26-14/h1-8,16,23H,9H2,(H,21,24)(H,22,25). The van der Waals surface area contributed by atoms with Gasteiger partial charge in [-0.3, -0.25) is 9.59 Å². The number of hydrogen-bond donors (Lipinski definition) is 3. The van der Waals surface area contributed by atoms with Crippen LogP contribution in [0, 0.1) is 5.82 Å². The molecular formula is C18H14ClFN2O4S. The number of aliphatic hydroxyl groups excluding tert-OH is 1. The molecule has 2 heterocycles. The number of benzene rings is 1. The van der Waals surface area contributed by atoms with Gasteiger partial charge < -0.3 is 20.2 Å². The van der Waals surface area contributed by atoms with Crippen molar-refractivity contribution in [1.82, 2.24) is 5.32 Å². The first-order chi connectivity index (χ1) is 12.9. The van der Waals surface area contributed by atoms with Gasteiger partial charge in [0.25, 0.3) is 0 Å². The van der Waals surface area contributed by atoms with Gasteiger partial charge in [0.15, 0.2) is 0 Å². The van der Waals surface area contributed by atoms with E-state index in [1.54, 1.807) is 24.3 Å². The van der Waals surface area contributed by atoms with Crippen molar-refractivity contribution in [3.63, 3.8) is 0 Å². The zero-order chi connectivity index (χ0) is 19.4. The van der Waals surface area contributed by atoms with Crippen molar-refractivity contribution >= 4 is 40.4 Å². The fourth-order valence-electron chi connectivity index (χ4n) is 2.23. The Morgan fingerprint density at radius 2 is 2.04 bits per heavy atom. The van der Waals surface area contributed by atoms with Crippen LogP contribution < -0.4 is 10.6 Å². The highest BCUT2D eigenvalue weighted by molar-refractivity contribution is 7.12. The minimum Gasteiger partial charge on any atom is -0.466 e. The lowest BCUT2D eigenvalue weighted by Gasteiger charge is -2.07. The smallest absolute Gasteiger partial charge is 0.313 e. The summed E-state index contributed by atoms with van der Waals surface area (Å²) in [4.78, 5) is 25.2. The number of nitrogens with one attached hydrogen (secondary N) is 2. The van der Waals surface area contributed by atoms with Gasteiger partial charge in [0, 0.05) is 15.4 Å². The Balaban J connectivity index is 1.54. The van der Waals surface area contributed by atoms with Gasteiger partial charge in [-0.25, -0.2) is 4.39 Å². The van der Waals surface area contributed by atoms with Crippen LogP contribution in [0.3, 0.4) is 0 Å². The molecule has 6 nitrogen and oxygen atoms in total. The number of carbonyl (C=O) groups excluding carboxylic acids is 2. The summed E-state index contributed by atoms with van der Waals surface area (Å²) in [6, 6.07) is 10.4. The molecule has 0 bridgehead atoms. The van der Waals surface area contributed by atoms with Crippen LogP contribution in [0.5, 0.6) is 0 Å². The summed E-state index contributed by atoms with van der Waals surface area (Å²) in [5.74, 6) is -1.95. The Kier molecular flexibility index (Phi) is 5.90. The predicted octanol–water partition coefficient (Wildman–Crippen LogP) is 3.47. The molecule has 140 valence electrons. The average Bonchev–Trinajstić information content (AvgIpc) is 3.34. The van der Waals surface area contributed by atoms with Crippen molar-refractivity contribution in [2.45, 2.75) is 12.6 Å². The number of halogens is 2. The highest BCUT2D eigenvalue weighted by Crippen LogP contribution is 2.28. The van der Waals surface area contributed by atoms with Gasteiger partial charge in [0.05, 0.1) is 17.8 Å². The van der Waals surface area contributed by atoms with E-state index in [1.807, 2.05) is 0 Å². The minimum atomic E-state index is -0.898. The molecule has 1 atom stereocenters. The number of rotatable bonds is 5. The summed E-state index contributed by atoms with van der Waals surface area (Å²) in [5.41, 5.74) is 0.210. The lowest BCUT2D eigenvalue weighted by molar-refractivity contribution is -0.136. The van der Waals surface area contributed by atoms with Gasteiger partial charge in [-0.15, -0.1) is 11.3 Å². The monoisotopic (exact) mass is 408 g/mol. The molecule has 0 aliphatic rings. The van der Waals surface area contributed by atoms with Crippen LogP contribution in [0.25, 0.3) is 0 Å². The summed E-state index contributed by atoms with van der Waals surface area (Å²) in [7, 11) is 0. The van der Waals surface area contributed by atoms with E-state index in [4.69, 9.17) is 16.0 Å². The molecule has 27 heavy (non-hydrogen) atoms. The Labute approximate surface area is 162 Å². The molecule has 1 unspecified atom stereocenters. The first-order valence-electron chi connectivity index (χ1n) is 7.78. The number of furan rings is 1. The predicted molar refractivity (Wildman–Crippen MR) is 99.0 cm³/mol. The Morgan fingerprint density at radius 1 is 1.22 bits per heavy atom. The van der Waals surface area contributed by atoms with Crippen LogP contribution >= 0.6 is 22.9 Å². The largest absolute Gasteiger partial charge is 0.466 e. The van der Waals surface area contributed by atoms with E-state index in [-0.39, 0.29) is 17.3 Å². The van der Waals surface area contributed by atoms with E-state index in [2.05, 4.69) is 10.6 Å². The van der Waals surface area contributed by atoms with Crippen molar-refractivity contribution in [3.8, 4) is 0 Å². The first-order valence-corrected chi connectivity index (χ1v) is 8.98. The molecular weight excluding hydrogens is 395 g/mol. The Bertz CT molecular complexity index is 958.